The molecule has 2 aromatic carbocycles. The number of ether oxygens (including phenoxy) is 1. The molecule has 3 rings (SSSR count). The number of hydrogen-bond acceptors (Lipinski definition) is 4. The average Bonchev–Trinajstić information content (AvgIpc) is 2.69. The number of amides is 1. The average molecular weight is 367 g/mol. The van der Waals surface area contributed by atoms with Gasteiger partial charge < -0.3 is 20.3 Å². The van der Waals surface area contributed by atoms with Crippen molar-refractivity contribution in [3.63, 3.8) is 0 Å². The number of carbonyl (C=O) groups excluding carboxylic acids is 1. The zero-order valence-corrected chi connectivity index (χ0v) is 16.5. The summed E-state index contributed by atoms with van der Waals surface area (Å²) in [4.78, 5) is 17.1. The lowest BCUT2D eigenvalue weighted by atomic mass is 10.1. The number of benzene rings is 2. The number of nitrogens with two attached hydrogens (primary N) is 1. The van der Waals surface area contributed by atoms with Gasteiger partial charge in [-0.2, -0.15) is 0 Å². The summed E-state index contributed by atoms with van der Waals surface area (Å²) in [5.41, 5.74) is 11.1. The second kappa shape index (κ2) is 8.33. The molecule has 1 aliphatic rings. The Balaban J connectivity index is 1.65. The van der Waals surface area contributed by atoms with E-state index in [2.05, 4.69) is 36.9 Å². The zero-order chi connectivity index (χ0) is 19.4. The molecule has 0 unspecified atom stereocenters. The topological polar surface area (TPSA) is 58.8 Å². The first-order valence-electron chi connectivity index (χ1n) is 9.64. The summed E-state index contributed by atoms with van der Waals surface area (Å²) in [6, 6.07) is 11.7. The van der Waals surface area contributed by atoms with E-state index in [1.165, 1.54) is 16.8 Å². The Labute approximate surface area is 161 Å². The number of anilines is 2. The van der Waals surface area contributed by atoms with Crippen LogP contribution >= 0.6 is 0 Å². The molecule has 1 aliphatic heterocycles. The van der Waals surface area contributed by atoms with Crippen molar-refractivity contribution in [2.75, 3.05) is 43.4 Å². The van der Waals surface area contributed by atoms with Crippen LogP contribution in [0, 0.1) is 13.8 Å². The molecule has 0 radical (unpaired) electrons. The minimum Gasteiger partial charge on any atom is -0.491 e. The highest BCUT2D eigenvalue weighted by atomic mass is 16.5. The zero-order valence-electron chi connectivity index (χ0n) is 16.5. The summed E-state index contributed by atoms with van der Waals surface area (Å²) in [6.07, 6.45) is 0.921. The Morgan fingerprint density at radius 3 is 2.52 bits per heavy atom. The van der Waals surface area contributed by atoms with Crippen molar-refractivity contribution in [3.8, 4) is 5.75 Å². The van der Waals surface area contributed by atoms with Gasteiger partial charge in [0.15, 0.2) is 0 Å². The van der Waals surface area contributed by atoms with E-state index in [4.69, 9.17) is 10.5 Å². The molecule has 2 N–H and O–H groups in total. The fourth-order valence-electron chi connectivity index (χ4n) is 3.44. The molecule has 2 aromatic rings. The normalized spacial score (nSPS) is 14.3. The van der Waals surface area contributed by atoms with Crippen LogP contribution in [0.4, 0.5) is 11.4 Å². The Kier molecular flexibility index (Phi) is 5.89. The van der Waals surface area contributed by atoms with E-state index in [0.717, 1.165) is 19.5 Å². The standard InChI is InChI=1S/C22H29N3O2/c1-4-14-27-21-9-8-18(15-19(21)23)22(26)25-12-10-24(11-13-25)20-7-5-6-16(2)17(20)3/h5-9,15H,4,10-14,23H2,1-3H3. The van der Waals surface area contributed by atoms with E-state index in [0.29, 0.717) is 36.7 Å². The molecular weight excluding hydrogens is 338 g/mol. The van der Waals surface area contributed by atoms with E-state index >= 15 is 0 Å². The van der Waals surface area contributed by atoms with Crippen molar-refractivity contribution in [1.82, 2.24) is 4.90 Å². The van der Waals surface area contributed by atoms with Crippen molar-refractivity contribution in [2.45, 2.75) is 27.2 Å². The van der Waals surface area contributed by atoms with E-state index in [1.54, 1.807) is 18.2 Å². The lowest BCUT2D eigenvalue weighted by Crippen LogP contribution is -2.49. The lowest BCUT2D eigenvalue weighted by Gasteiger charge is -2.37. The maximum atomic E-state index is 12.9. The van der Waals surface area contributed by atoms with Crippen molar-refractivity contribution < 1.29 is 9.53 Å². The van der Waals surface area contributed by atoms with Crippen molar-refractivity contribution in [3.05, 3.63) is 53.1 Å². The van der Waals surface area contributed by atoms with Crippen molar-refractivity contribution in [2.24, 2.45) is 0 Å². The SMILES string of the molecule is CCCOc1ccc(C(=O)N2CCN(c3cccc(C)c3C)CC2)cc1N. The Bertz CT molecular complexity index is 811. The first-order valence-corrected chi connectivity index (χ1v) is 9.64. The molecule has 0 aliphatic carbocycles. The molecule has 5 nitrogen and oxygen atoms in total. The van der Waals surface area contributed by atoms with Gasteiger partial charge in [-0.25, -0.2) is 0 Å². The van der Waals surface area contributed by atoms with E-state index in [9.17, 15) is 4.79 Å². The van der Waals surface area contributed by atoms with Gasteiger partial charge in [-0.05, 0) is 55.7 Å². The summed E-state index contributed by atoms with van der Waals surface area (Å²) in [7, 11) is 0. The molecule has 1 saturated heterocycles. The Hall–Kier alpha value is -2.69. The second-order valence-corrected chi connectivity index (χ2v) is 7.10. The third kappa shape index (κ3) is 4.18. The molecule has 1 amide bonds. The molecule has 0 atom stereocenters. The summed E-state index contributed by atoms with van der Waals surface area (Å²) >= 11 is 0. The first kappa shape index (κ1) is 19.1. The number of hydrogen-bond donors (Lipinski definition) is 1. The maximum absolute atomic E-state index is 12.9. The van der Waals surface area contributed by atoms with Crippen LogP contribution in [0.5, 0.6) is 5.75 Å². The summed E-state index contributed by atoms with van der Waals surface area (Å²) in [5, 5.41) is 0. The molecule has 1 fully saturated rings. The fraction of sp³-hybridized carbons (Fsp3) is 0.409. The van der Waals surface area contributed by atoms with Crippen LogP contribution in [-0.4, -0.2) is 43.6 Å². The number of nitrogens with zero attached hydrogens (tertiary/aromatic N) is 2. The summed E-state index contributed by atoms with van der Waals surface area (Å²) < 4.78 is 5.59. The number of carbonyl (C=O) groups is 1. The smallest absolute Gasteiger partial charge is 0.254 e. The molecule has 144 valence electrons. The van der Waals surface area contributed by atoms with E-state index < -0.39 is 0 Å². The molecular formula is C22H29N3O2. The highest BCUT2D eigenvalue weighted by molar-refractivity contribution is 5.95. The van der Waals surface area contributed by atoms with Gasteiger partial charge in [-0.1, -0.05) is 19.1 Å². The number of piperazine rings is 1. The largest absolute Gasteiger partial charge is 0.491 e. The van der Waals surface area contributed by atoms with Crippen LogP contribution in [-0.2, 0) is 0 Å². The van der Waals surface area contributed by atoms with Gasteiger partial charge >= 0.3 is 0 Å². The van der Waals surface area contributed by atoms with Gasteiger partial charge in [0.2, 0.25) is 0 Å². The van der Waals surface area contributed by atoms with Gasteiger partial charge in [0.25, 0.3) is 5.91 Å². The summed E-state index contributed by atoms with van der Waals surface area (Å²) in [5.74, 6) is 0.678. The van der Waals surface area contributed by atoms with E-state index in [1.807, 2.05) is 11.8 Å². The molecule has 0 spiro atoms. The number of rotatable bonds is 5. The summed E-state index contributed by atoms with van der Waals surface area (Å²) in [6.45, 7) is 10.1. The van der Waals surface area contributed by atoms with Crippen LogP contribution in [0.25, 0.3) is 0 Å². The molecule has 5 heteroatoms. The van der Waals surface area contributed by atoms with Gasteiger partial charge in [-0.3, -0.25) is 4.79 Å². The predicted molar refractivity (Wildman–Crippen MR) is 111 cm³/mol. The van der Waals surface area contributed by atoms with Crippen molar-refractivity contribution in [1.29, 1.82) is 0 Å². The number of aryl methyl sites for hydroxylation is 1. The lowest BCUT2D eigenvalue weighted by molar-refractivity contribution is 0.0747. The number of nitrogen functional groups attached to an aromatic ring is 1. The first-order chi connectivity index (χ1) is 13.0. The van der Waals surface area contributed by atoms with E-state index in [-0.39, 0.29) is 5.91 Å². The van der Waals surface area contributed by atoms with Crippen LogP contribution in [0.1, 0.15) is 34.8 Å². The Morgan fingerprint density at radius 1 is 1.11 bits per heavy atom. The van der Waals surface area contributed by atoms with Crippen LogP contribution in [0.2, 0.25) is 0 Å². The maximum Gasteiger partial charge on any atom is 0.254 e. The molecule has 27 heavy (non-hydrogen) atoms. The Morgan fingerprint density at radius 2 is 1.85 bits per heavy atom. The van der Waals surface area contributed by atoms with Crippen LogP contribution < -0.4 is 15.4 Å². The third-order valence-electron chi connectivity index (χ3n) is 5.20. The highest BCUT2D eigenvalue weighted by Gasteiger charge is 2.23. The second-order valence-electron chi connectivity index (χ2n) is 7.10. The monoisotopic (exact) mass is 367 g/mol. The fourth-order valence-corrected chi connectivity index (χ4v) is 3.44. The van der Waals surface area contributed by atoms with Gasteiger partial charge in [0, 0.05) is 37.4 Å². The molecule has 0 aromatic heterocycles. The molecule has 1 heterocycles. The third-order valence-corrected chi connectivity index (χ3v) is 5.20. The van der Waals surface area contributed by atoms with Gasteiger partial charge in [0.05, 0.1) is 12.3 Å². The molecule has 0 bridgehead atoms. The quantitative estimate of drug-likeness (QED) is 0.820. The van der Waals surface area contributed by atoms with Gasteiger partial charge in [0.1, 0.15) is 5.75 Å². The minimum atomic E-state index is 0.0318. The van der Waals surface area contributed by atoms with Crippen LogP contribution in [0.15, 0.2) is 36.4 Å². The molecule has 0 saturated carbocycles. The van der Waals surface area contributed by atoms with Gasteiger partial charge in [-0.15, -0.1) is 0 Å². The highest BCUT2D eigenvalue weighted by Crippen LogP contribution is 2.26. The minimum absolute atomic E-state index is 0.0318. The van der Waals surface area contributed by atoms with Crippen LogP contribution in [0.3, 0.4) is 0 Å². The predicted octanol–water partition coefficient (Wildman–Crippen LogP) is 3.64. The van der Waals surface area contributed by atoms with Crippen molar-refractivity contribution >= 4 is 17.3 Å².